The van der Waals surface area contributed by atoms with Gasteiger partial charge >= 0.3 is 0 Å². The third kappa shape index (κ3) is 1.37. The lowest BCUT2D eigenvalue weighted by Crippen LogP contribution is -1.94. The van der Waals surface area contributed by atoms with Gasteiger partial charge in [-0.3, -0.25) is 9.78 Å². The number of hydrogen-bond acceptors (Lipinski definition) is 3. The van der Waals surface area contributed by atoms with Gasteiger partial charge in [-0.25, -0.2) is 0 Å². The van der Waals surface area contributed by atoms with Gasteiger partial charge in [-0.15, -0.1) is 0 Å². The fourth-order valence-corrected chi connectivity index (χ4v) is 1.29. The molecule has 1 aromatic carbocycles. The summed E-state index contributed by atoms with van der Waals surface area (Å²) in [6, 6.07) is 6.81. The minimum atomic E-state index is 0.0394. The van der Waals surface area contributed by atoms with E-state index in [1.54, 1.807) is 24.4 Å². The Bertz CT molecular complexity index is 483. The molecule has 1 amide bonds. The molecule has 70 valence electrons. The Labute approximate surface area is 80.2 Å². The van der Waals surface area contributed by atoms with E-state index >= 15 is 0 Å². The van der Waals surface area contributed by atoms with Crippen LogP contribution in [0.1, 0.15) is 0 Å². The molecule has 0 saturated carbocycles. The molecule has 0 aliphatic rings. The van der Waals surface area contributed by atoms with E-state index in [4.69, 9.17) is 0 Å². The second kappa shape index (κ2) is 3.33. The summed E-state index contributed by atoms with van der Waals surface area (Å²) in [6.07, 6.45) is 2.17. The van der Waals surface area contributed by atoms with E-state index in [1.165, 1.54) is 0 Å². The average molecular weight is 188 g/mol. The SMILES string of the molecule is O=CNc1cc2ncccc2cc1O. The average Bonchev–Trinajstić information content (AvgIpc) is 2.19. The van der Waals surface area contributed by atoms with Crippen LogP contribution >= 0.6 is 0 Å². The topological polar surface area (TPSA) is 62.2 Å². The third-order valence-electron chi connectivity index (χ3n) is 1.93. The molecule has 0 unspecified atom stereocenters. The Kier molecular flexibility index (Phi) is 2.02. The summed E-state index contributed by atoms with van der Waals surface area (Å²) in [6.45, 7) is 0. The molecule has 0 saturated heterocycles. The monoisotopic (exact) mass is 188 g/mol. The minimum Gasteiger partial charge on any atom is -0.506 e. The summed E-state index contributed by atoms with van der Waals surface area (Å²) in [4.78, 5) is 14.3. The first-order valence-electron chi connectivity index (χ1n) is 4.09. The molecule has 1 heterocycles. The highest BCUT2D eigenvalue weighted by molar-refractivity contribution is 5.88. The molecule has 2 aromatic rings. The number of anilines is 1. The second-order valence-electron chi connectivity index (χ2n) is 2.83. The molecule has 0 bridgehead atoms. The molecule has 0 radical (unpaired) electrons. The number of nitrogens with one attached hydrogen (secondary N) is 1. The number of phenolic OH excluding ortho intramolecular Hbond substituents is 1. The van der Waals surface area contributed by atoms with Crippen molar-refractivity contribution in [2.75, 3.05) is 5.32 Å². The molecule has 0 aliphatic heterocycles. The van der Waals surface area contributed by atoms with Crippen molar-refractivity contribution in [2.24, 2.45) is 0 Å². The molecule has 0 fully saturated rings. The number of nitrogens with zero attached hydrogens (tertiary/aromatic N) is 1. The lowest BCUT2D eigenvalue weighted by molar-refractivity contribution is -0.105. The third-order valence-corrected chi connectivity index (χ3v) is 1.93. The molecule has 0 aliphatic carbocycles. The van der Waals surface area contributed by atoms with Crippen LogP contribution in [0.25, 0.3) is 10.9 Å². The number of carbonyl (C=O) groups is 1. The lowest BCUT2D eigenvalue weighted by atomic mass is 10.2. The smallest absolute Gasteiger partial charge is 0.211 e. The Hall–Kier alpha value is -2.10. The van der Waals surface area contributed by atoms with Crippen molar-refractivity contribution in [3.8, 4) is 5.75 Å². The van der Waals surface area contributed by atoms with Gasteiger partial charge in [0, 0.05) is 11.6 Å². The first-order chi connectivity index (χ1) is 6.81. The van der Waals surface area contributed by atoms with Gasteiger partial charge < -0.3 is 10.4 Å². The zero-order valence-corrected chi connectivity index (χ0v) is 7.27. The van der Waals surface area contributed by atoms with Crippen LogP contribution in [0.4, 0.5) is 5.69 Å². The zero-order valence-electron chi connectivity index (χ0n) is 7.27. The molecule has 2 rings (SSSR count). The molecule has 0 spiro atoms. The van der Waals surface area contributed by atoms with Crippen LogP contribution in [0, 0.1) is 0 Å². The Morgan fingerprint density at radius 1 is 1.43 bits per heavy atom. The van der Waals surface area contributed by atoms with E-state index in [1.807, 2.05) is 6.07 Å². The predicted octanol–water partition coefficient (Wildman–Crippen LogP) is 1.51. The number of fused-ring (bicyclic) bond motifs is 1. The van der Waals surface area contributed by atoms with Crippen LogP contribution in [0.2, 0.25) is 0 Å². The van der Waals surface area contributed by atoms with E-state index in [2.05, 4.69) is 10.3 Å². The largest absolute Gasteiger partial charge is 0.506 e. The van der Waals surface area contributed by atoms with Gasteiger partial charge in [-0.2, -0.15) is 0 Å². The fraction of sp³-hybridized carbons (Fsp3) is 0. The molecule has 14 heavy (non-hydrogen) atoms. The summed E-state index contributed by atoms with van der Waals surface area (Å²) in [5.41, 5.74) is 1.10. The van der Waals surface area contributed by atoms with Crippen molar-refractivity contribution >= 4 is 23.0 Å². The van der Waals surface area contributed by atoms with Crippen LogP contribution in [-0.2, 0) is 4.79 Å². The van der Waals surface area contributed by atoms with Gasteiger partial charge in [-0.1, -0.05) is 6.07 Å². The first-order valence-corrected chi connectivity index (χ1v) is 4.09. The molecule has 4 nitrogen and oxygen atoms in total. The van der Waals surface area contributed by atoms with Gasteiger partial charge in [0.1, 0.15) is 5.75 Å². The van der Waals surface area contributed by atoms with Gasteiger partial charge in [-0.05, 0) is 18.2 Å². The highest BCUT2D eigenvalue weighted by Crippen LogP contribution is 2.27. The maximum absolute atomic E-state index is 10.2. The number of rotatable bonds is 2. The summed E-state index contributed by atoms with van der Waals surface area (Å²) < 4.78 is 0. The van der Waals surface area contributed by atoms with Gasteiger partial charge in [0.25, 0.3) is 0 Å². The van der Waals surface area contributed by atoms with Crippen LogP contribution < -0.4 is 5.32 Å². The number of amides is 1. The highest BCUT2D eigenvalue weighted by Gasteiger charge is 2.02. The Balaban J connectivity index is 2.64. The number of pyridine rings is 1. The molecular formula is C10H8N2O2. The van der Waals surface area contributed by atoms with E-state index in [9.17, 15) is 9.90 Å². The van der Waals surface area contributed by atoms with Crippen molar-refractivity contribution in [2.45, 2.75) is 0 Å². The minimum absolute atomic E-state index is 0.0394. The Morgan fingerprint density at radius 3 is 3.07 bits per heavy atom. The van der Waals surface area contributed by atoms with Crippen LogP contribution in [0.3, 0.4) is 0 Å². The van der Waals surface area contributed by atoms with Crippen molar-refractivity contribution in [3.05, 3.63) is 30.5 Å². The Morgan fingerprint density at radius 2 is 2.29 bits per heavy atom. The predicted molar refractivity (Wildman–Crippen MR) is 53.1 cm³/mol. The van der Waals surface area contributed by atoms with Gasteiger partial charge in [0.05, 0.1) is 11.2 Å². The van der Waals surface area contributed by atoms with Crippen molar-refractivity contribution in [1.29, 1.82) is 0 Å². The van der Waals surface area contributed by atoms with Crippen LogP contribution in [-0.4, -0.2) is 16.5 Å². The first kappa shape index (κ1) is 8.50. The molecule has 0 atom stereocenters. The number of benzene rings is 1. The van der Waals surface area contributed by atoms with Gasteiger partial charge in [0.2, 0.25) is 6.41 Å². The lowest BCUT2D eigenvalue weighted by Gasteiger charge is -2.04. The van der Waals surface area contributed by atoms with Crippen LogP contribution in [0.5, 0.6) is 5.75 Å². The molecule has 2 N–H and O–H groups in total. The summed E-state index contributed by atoms with van der Waals surface area (Å²) in [5.74, 6) is 0.0394. The number of phenols is 1. The van der Waals surface area contributed by atoms with E-state index in [0.29, 0.717) is 12.1 Å². The number of hydrogen-bond donors (Lipinski definition) is 2. The van der Waals surface area contributed by atoms with E-state index in [-0.39, 0.29) is 5.75 Å². The second-order valence-corrected chi connectivity index (χ2v) is 2.83. The molecule has 1 aromatic heterocycles. The van der Waals surface area contributed by atoms with Crippen molar-refractivity contribution < 1.29 is 9.90 Å². The number of aromatic hydroxyl groups is 1. The van der Waals surface area contributed by atoms with Crippen LogP contribution in [0.15, 0.2) is 30.5 Å². The van der Waals surface area contributed by atoms with Gasteiger partial charge in [0.15, 0.2) is 0 Å². The summed E-state index contributed by atoms with van der Waals surface area (Å²) in [7, 11) is 0. The fourth-order valence-electron chi connectivity index (χ4n) is 1.29. The standard InChI is InChI=1S/C10H8N2O2/c13-6-12-9-5-8-7(4-10(9)14)2-1-3-11-8/h1-6,14H,(H,12,13). The summed E-state index contributed by atoms with van der Waals surface area (Å²) in [5, 5.41) is 12.7. The quantitative estimate of drug-likeness (QED) is 0.554. The summed E-state index contributed by atoms with van der Waals surface area (Å²) >= 11 is 0. The van der Waals surface area contributed by atoms with Crippen molar-refractivity contribution in [1.82, 2.24) is 4.98 Å². The molecule has 4 heteroatoms. The maximum atomic E-state index is 10.2. The zero-order chi connectivity index (χ0) is 9.97. The normalized spacial score (nSPS) is 10.0. The van der Waals surface area contributed by atoms with E-state index in [0.717, 1.165) is 10.9 Å². The van der Waals surface area contributed by atoms with E-state index < -0.39 is 0 Å². The highest BCUT2D eigenvalue weighted by atomic mass is 16.3. The number of aromatic nitrogens is 1. The molecular weight excluding hydrogens is 180 g/mol. The number of carbonyl (C=O) groups excluding carboxylic acids is 1. The van der Waals surface area contributed by atoms with Crippen molar-refractivity contribution in [3.63, 3.8) is 0 Å². The maximum Gasteiger partial charge on any atom is 0.211 e.